The molecule has 4 rings (SSSR count). The summed E-state index contributed by atoms with van der Waals surface area (Å²) in [4.78, 5) is 20.9. The molecule has 150 valence electrons. The van der Waals surface area contributed by atoms with Gasteiger partial charge in [-0.3, -0.25) is 25.2 Å². The van der Waals surface area contributed by atoms with Gasteiger partial charge in [0, 0.05) is 30.7 Å². The molecule has 9 heteroatoms. The molecule has 0 amide bonds. The van der Waals surface area contributed by atoms with Crippen LogP contribution in [0.2, 0.25) is 0 Å². The molecule has 3 aromatic rings. The first-order valence-corrected chi connectivity index (χ1v) is 9.04. The maximum absolute atomic E-state index is 13.4. The number of hydrogen-bond acceptors (Lipinski definition) is 6. The van der Waals surface area contributed by atoms with Crippen molar-refractivity contribution < 1.29 is 14.2 Å². The van der Waals surface area contributed by atoms with Crippen LogP contribution in [-0.2, 0) is 0 Å². The first kappa shape index (κ1) is 19.2. The number of nitrogens with zero attached hydrogens (tertiary/aromatic N) is 4. The molecule has 0 spiro atoms. The number of hydrazone groups is 1. The zero-order chi connectivity index (χ0) is 21.3. The minimum absolute atomic E-state index is 0.0142. The lowest BCUT2D eigenvalue weighted by Crippen LogP contribution is -2.18. The van der Waals surface area contributed by atoms with Crippen LogP contribution in [0.5, 0.6) is 0 Å². The Balaban J connectivity index is 1.71. The molecule has 1 atom stereocenters. The van der Waals surface area contributed by atoms with Gasteiger partial charge in [0.2, 0.25) is 0 Å². The lowest BCUT2D eigenvalue weighted by molar-refractivity contribution is -0.385. The van der Waals surface area contributed by atoms with Gasteiger partial charge in [0.1, 0.15) is 5.82 Å². The molecule has 1 heterocycles. The van der Waals surface area contributed by atoms with Crippen molar-refractivity contribution in [2.45, 2.75) is 12.5 Å². The molecular formula is C21H15FN4O4. The SMILES string of the molecule is O=[N+]([O-])c1ccc(C2=NN(c3ccc([N+](=O)[O-])cc3)C(c3ccc(F)cc3)C2)cc1. The van der Waals surface area contributed by atoms with E-state index in [-0.39, 0.29) is 23.2 Å². The fraction of sp³-hybridized carbons (Fsp3) is 0.0952. The Morgan fingerprint density at radius 2 is 1.37 bits per heavy atom. The standard InChI is InChI=1S/C21H15FN4O4/c22-16-5-1-15(2-6-16)21-13-20(14-3-7-18(8-4-14)25(27)28)23-24(21)17-9-11-19(12-10-17)26(29)30/h1-12,21H,13H2. The van der Waals surface area contributed by atoms with E-state index in [0.29, 0.717) is 17.8 Å². The first-order chi connectivity index (χ1) is 14.4. The Morgan fingerprint density at radius 1 is 0.833 bits per heavy atom. The summed E-state index contributed by atoms with van der Waals surface area (Å²) in [5.74, 6) is -0.352. The Hall–Kier alpha value is -4.14. The number of nitro benzene ring substituents is 2. The highest BCUT2D eigenvalue weighted by molar-refractivity contribution is 6.03. The molecule has 1 aliphatic rings. The van der Waals surface area contributed by atoms with E-state index in [4.69, 9.17) is 0 Å². The van der Waals surface area contributed by atoms with Gasteiger partial charge in [-0.15, -0.1) is 0 Å². The van der Waals surface area contributed by atoms with Gasteiger partial charge in [-0.1, -0.05) is 12.1 Å². The van der Waals surface area contributed by atoms with Gasteiger partial charge in [0.25, 0.3) is 11.4 Å². The first-order valence-electron chi connectivity index (χ1n) is 9.04. The lowest BCUT2D eigenvalue weighted by atomic mass is 9.98. The summed E-state index contributed by atoms with van der Waals surface area (Å²) in [5, 5.41) is 28.2. The molecule has 8 nitrogen and oxygen atoms in total. The molecule has 1 unspecified atom stereocenters. The highest BCUT2D eigenvalue weighted by Gasteiger charge is 2.30. The fourth-order valence-corrected chi connectivity index (χ4v) is 3.37. The van der Waals surface area contributed by atoms with E-state index in [1.807, 2.05) is 0 Å². The van der Waals surface area contributed by atoms with Crippen LogP contribution >= 0.6 is 0 Å². The smallest absolute Gasteiger partial charge is 0.258 e. The minimum atomic E-state index is -0.475. The molecule has 0 radical (unpaired) electrons. The van der Waals surface area contributed by atoms with Crippen LogP contribution in [-0.4, -0.2) is 15.6 Å². The van der Waals surface area contributed by atoms with Crippen LogP contribution in [0.15, 0.2) is 77.9 Å². The maximum atomic E-state index is 13.4. The predicted molar refractivity (Wildman–Crippen MR) is 109 cm³/mol. The summed E-state index contributed by atoms with van der Waals surface area (Å²) in [6.07, 6.45) is 0.487. The minimum Gasteiger partial charge on any atom is -0.258 e. The second-order valence-corrected chi connectivity index (χ2v) is 6.74. The number of nitro groups is 2. The molecule has 0 N–H and O–H groups in total. The van der Waals surface area contributed by atoms with Gasteiger partial charge in [0.15, 0.2) is 0 Å². The molecule has 3 aromatic carbocycles. The average Bonchev–Trinajstić information content (AvgIpc) is 3.20. The zero-order valence-corrected chi connectivity index (χ0v) is 15.5. The lowest BCUT2D eigenvalue weighted by Gasteiger charge is -2.23. The van der Waals surface area contributed by atoms with Crippen molar-refractivity contribution in [1.29, 1.82) is 0 Å². The fourth-order valence-electron chi connectivity index (χ4n) is 3.37. The van der Waals surface area contributed by atoms with Crippen LogP contribution in [0.4, 0.5) is 21.5 Å². The molecule has 0 bridgehead atoms. The van der Waals surface area contributed by atoms with E-state index >= 15 is 0 Å². The van der Waals surface area contributed by atoms with Gasteiger partial charge >= 0.3 is 0 Å². The number of hydrogen-bond donors (Lipinski definition) is 0. The third kappa shape index (κ3) is 3.72. The van der Waals surface area contributed by atoms with Gasteiger partial charge in [0.05, 0.1) is 27.3 Å². The molecular weight excluding hydrogens is 391 g/mol. The van der Waals surface area contributed by atoms with E-state index in [1.54, 1.807) is 41.4 Å². The Labute approximate surface area is 170 Å². The second kappa shape index (κ2) is 7.70. The summed E-state index contributed by atoms with van der Waals surface area (Å²) in [7, 11) is 0. The summed E-state index contributed by atoms with van der Waals surface area (Å²) in [6.45, 7) is 0. The number of non-ortho nitro benzene ring substituents is 2. The quantitative estimate of drug-likeness (QED) is 0.438. The Bertz CT molecular complexity index is 1130. The van der Waals surface area contributed by atoms with Gasteiger partial charge in [-0.25, -0.2) is 4.39 Å². The summed E-state index contributed by atoms with van der Waals surface area (Å²) < 4.78 is 13.4. The topological polar surface area (TPSA) is 102 Å². The molecule has 0 aromatic heterocycles. The summed E-state index contributed by atoms with van der Waals surface area (Å²) >= 11 is 0. The molecule has 0 saturated heterocycles. The zero-order valence-electron chi connectivity index (χ0n) is 15.5. The van der Waals surface area contributed by atoms with E-state index < -0.39 is 9.85 Å². The highest BCUT2D eigenvalue weighted by atomic mass is 19.1. The van der Waals surface area contributed by atoms with Crippen LogP contribution in [0, 0.1) is 26.0 Å². The molecule has 0 saturated carbocycles. The largest absolute Gasteiger partial charge is 0.269 e. The van der Waals surface area contributed by atoms with Crippen LogP contribution in [0.25, 0.3) is 0 Å². The van der Waals surface area contributed by atoms with Gasteiger partial charge in [-0.05, 0) is 47.5 Å². The monoisotopic (exact) mass is 406 g/mol. The van der Waals surface area contributed by atoms with Crippen molar-refractivity contribution in [2.24, 2.45) is 5.10 Å². The van der Waals surface area contributed by atoms with Crippen LogP contribution in [0.1, 0.15) is 23.6 Å². The number of anilines is 1. The van der Waals surface area contributed by atoms with E-state index in [1.165, 1.54) is 36.4 Å². The Morgan fingerprint density at radius 3 is 1.90 bits per heavy atom. The summed E-state index contributed by atoms with van der Waals surface area (Å²) in [5.41, 5.74) is 2.87. The second-order valence-electron chi connectivity index (χ2n) is 6.74. The van der Waals surface area contributed by atoms with Crippen molar-refractivity contribution in [2.75, 3.05) is 5.01 Å². The van der Waals surface area contributed by atoms with Crippen molar-refractivity contribution in [3.05, 3.63) is 110 Å². The molecule has 1 aliphatic heterocycles. The Kier molecular flexibility index (Phi) is 4.93. The summed E-state index contributed by atoms with van der Waals surface area (Å²) in [6, 6.07) is 18.0. The number of benzene rings is 3. The average molecular weight is 406 g/mol. The van der Waals surface area contributed by atoms with Crippen LogP contribution in [0.3, 0.4) is 0 Å². The highest BCUT2D eigenvalue weighted by Crippen LogP contribution is 2.37. The normalized spacial score (nSPS) is 15.7. The maximum Gasteiger partial charge on any atom is 0.269 e. The molecule has 30 heavy (non-hydrogen) atoms. The van der Waals surface area contributed by atoms with E-state index in [0.717, 1.165) is 11.1 Å². The van der Waals surface area contributed by atoms with E-state index in [9.17, 15) is 24.6 Å². The predicted octanol–water partition coefficient (Wildman–Crippen LogP) is 5.00. The third-order valence-corrected chi connectivity index (χ3v) is 4.90. The van der Waals surface area contributed by atoms with E-state index in [2.05, 4.69) is 5.10 Å². The van der Waals surface area contributed by atoms with Crippen molar-refractivity contribution in [1.82, 2.24) is 0 Å². The number of halogens is 1. The number of rotatable bonds is 5. The van der Waals surface area contributed by atoms with Crippen LogP contribution < -0.4 is 5.01 Å². The van der Waals surface area contributed by atoms with Crippen molar-refractivity contribution in [3.63, 3.8) is 0 Å². The third-order valence-electron chi connectivity index (χ3n) is 4.90. The van der Waals surface area contributed by atoms with Gasteiger partial charge in [-0.2, -0.15) is 5.10 Å². The van der Waals surface area contributed by atoms with Crippen molar-refractivity contribution in [3.8, 4) is 0 Å². The molecule has 0 aliphatic carbocycles. The molecule has 0 fully saturated rings. The van der Waals surface area contributed by atoms with Crippen molar-refractivity contribution >= 4 is 22.8 Å². The van der Waals surface area contributed by atoms with Gasteiger partial charge < -0.3 is 0 Å².